The van der Waals surface area contributed by atoms with E-state index in [0.717, 1.165) is 50.0 Å². The molecule has 180 valence electrons. The van der Waals surface area contributed by atoms with Crippen LogP contribution in [0.15, 0.2) is 48.5 Å². The number of nitrogens with one attached hydrogen (secondary N) is 1. The van der Waals surface area contributed by atoms with E-state index in [1.165, 1.54) is 6.42 Å². The zero-order valence-electron chi connectivity index (χ0n) is 19.7. The number of benzene rings is 2. The lowest BCUT2D eigenvalue weighted by atomic mass is 9.94. The number of para-hydroxylation sites is 2. The van der Waals surface area contributed by atoms with Crippen LogP contribution in [0.5, 0.6) is 0 Å². The van der Waals surface area contributed by atoms with Crippen LogP contribution in [-0.2, 0) is 4.79 Å². The fourth-order valence-corrected chi connectivity index (χ4v) is 5.24. The van der Waals surface area contributed by atoms with Gasteiger partial charge in [0.15, 0.2) is 11.7 Å². The van der Waals surface area contributed by atoms with E-state index in [4.69, 9.17) is 21.6 Å². The average molecular weight is 489 g/mol. The third-order valence-corrected chi connectivity index (χ3v) is 7.18. The lowest BCUT2D eigenvalue weighted by Gasteiger charge is -2.37. The third kappa shape index (κ3) is 5.18. The Balaban J connectivity index is 1.42. The Morgan fingerprint density at radius 1 is 0.971 bits per heavy atom. The van der Waals surface area contributed by atoms with E-state index in [0.29, 0.717) is 35.1 Å². The van der Waals surface area contributed by atoms with E-state index < -0.39 is 5.92 Å². The molecule has 0 bridgehead atoms. The van der Waals surface area contributed by atoms with Crippen molar-refractivity contribution in [2.75, 3.05) is 36.0 Å². The molecule has 0 radical (unpaired) electrons. The van der Waals surface area contributed by atoms with Gasteiger partial charge in [-0.3, -0.25) is 4.79 Å². The number of fused-ring (bicyclic) bond motifs is 1. The van der Waals surface area contributed by atoms with Crippen molar-refractivity contribution in [1.82, 2.24) is 15.3 Å². The fraction of sp³-hybridized carbons (Fsp3) is 0.407. The van der Waals surface area contributed by atoms with Gasteiger partial charge in [0.25, 0.3) is 0 Å². The van der Waals surface area contributed by atoms with E-state index in [1.54, 1.807) is 0 Å². The largest absolute Gasteiger partial charge is 0.368 e. The highest BCUT2D eigenvalue weighted by Gasteiger charge is 2.31. The number of anilines is 2. The molecule has 35 heavy (non-hydrogen) atoms. The van der Waals surface area contributed by atoms with Crippen molar-refractivity contribution < 1.29 is 4.79 Å². The molecule has 3 aromatic rings. The Hall–Kier alpha value is -3.37. The summed E-state index contributed by atoms with van der Waals surface area (Å²) in [6, 6.07) is 17.8. The number of aromatic nitrogens is 2. The molecule has 8 heteroatoms. The number of hydrogen-bond acceptors (Lipinski definition) is 6. The molecule has 7 nitrogen and oxygen atoms in total. The summed E-state index contributed by atoms with van der Waals surface area (Å²) in [5.74, 6) is -0.655. The van der Waals surface area contributed by atoms with Crippen molar-refractivity contribution in [3.8, 4) is 6.07 Å². The summed E-state index contributed by atoms with van der Waals surface area (Å²) in [6.45, 7) is 2.96. The van der Waals surface area contributed by atoms with Gasteiger partial charge in [-0.2, -0.15) is 5.26 Å². The van der Waals surface area contributed by atoms with Gasteiger partial charge in [-0.25, -0.2) is 9.97 Å². The van der Waals surface area contributed by atoms with Crippen LogP contribution in [0.3, 0.4) is 0 Å². The Kier molecular flexibility index (Phi) is 7.01. The predicted octanol–water partition coefficient (Wildman–Crippen LogP) is 4.67. The monoisotopic (exact) mass is 488 g/mol. The summed E-state index contributed by atoms with van der Waals surface area (Å²) in [7, 11) is 0. The Labute approximate surface area is 210 Å². The number of carbonyl (C=O) groups excluding carboxylic acids is 1. The van der Waals surface area contributed by atoms with Gasteiger partial charge >= 0.3 is 0 Å². The highest BCUT2D eigenvalue weighted by molar-refractivity contribution is 6.30. The SMILES string of the molecule is N#C[C@@H](C(=O)NC1CCCCC1)c1nc2ccccc2nc1N1CCN(c2cccc(Cl)c2)CC1. The lowest BCUT2D eigenvalue weighted by molar-refractivity contribution is -0.122. The topological polar surface area (TPSA) is 85.1 Å². The van der Waals surface area contributed by atoms with Crippen LogP contribution in [0.25, 0.3) is 11.0 Å². The number of amides is 1. The second-order valence-corrected chi connectivity index (χ2v) is 9.72. The summed E-state index contributed by atoms with van der Waals surface area (Å²) < 4.78 is 0. The number of piperazine rings is 1. The minimum atomic E-state index is -1.00. The van der Waals surface area contributed by atoms with Crippen LogP contribution in [0.1, 0.15) is 43.7 Å². The molecule has 2 aliphatic rings. The molecule has 1 aliphatic carbocycles. The van der Waals surface area contributed by atoms with Gasteiger partial charge in [-0.15, -0.1) is 0 Å². The van der Waals surface area contributed by atoms with Gasteiger partial charge in [0.2, 0.25) is 5.91 Å². The number of carbonyl (C=O) groups is 1. The predicted molar refractivity (Wildman–Crippen MR) is 139 cm³/mol. The maximum atomic E-state index is 13.2. The average Bonchev–Trinajstić information content (AvgIpc) is 2.89. The summed E-state index contributed by atoms with van der Waals surface area (Å²) in [5, 5.41) is 13.9. The first-order valence-corrected chi connectivity index (χ1v) is 12.7. The van der Waals surface area contributed by atoms with Gasteiger partial charge in [-0.05, 0) is 43.2 Å². The van der Waals surface area contributed by atoms with Crippen LogP contribution >= 0.6 is 11.6 Å². The van der Waals surface area contributed by atoms with Gasteiger partial charge < -0.3 is 15.1 Å². The van der Waals surface area contributed by atoms with E-state index in [-0.39, 0.29) is 11.9 Å². The van der Waals surface area contributed by atoms with E-state index in [9.17, 15) is 10.1 Å². The zero-order valence-corrected chi connectivity index (χ0v) is 20.4. The van der Waals surface area contributed by atoms with Crippen molar-refractivity contribution in [3.63, 3.8) is 0 Å². The number of hydrogen-bond donors (Lipinski definition) is 1. The molecule has 2 aromatic carbocycles. The Morgan fingerprint density at radius 3 is 2.34 bits per heavy atom. The maximum absolute atomic E-state index is 13.2. The quantitative estimate of drug-likeness (QED) is 0.562. The van der Waals surface area contributed by atoms with Crippen molar-refractivity contribution in [3.05, 3.63) is 59.2 Å². The maximum Gasteiger partial charge on any atom is 0.243 e. The molecule has 0 unspecified atom stereocenters. The van der Waals surface area contributed by atoms with Crippen molar-refractivity contribution in [2.45, 2.75) is 44.1 Å². The van der Waals surface area contributed by atoms with Gasteiger partial charge in [0, 0.05) is 42.9 Å². The summed E-state index contributed by atoms with van der Waals surface area (Å²) >= 11 is 6.19. The first-order chi connectivity index (χ1) is 17.1. The number of rotatable bonds is 5. The number of halogens is 1. The standard InChI is InChI=1S/C27H29ClN6O/c28-19-7-6-10-21(17-19)33-13-15-34(16-14-33)26-25(31-23-11-4-5-12-24(23)32-26)22(18-29)27(35)30-20-8-2-1-3-9-20/h4-7,10-12,17,20,22H,1-3,8-9,13-16H2,(H,30,35)/t22-/m1/s1. The van der Waals surface area contributed by atoms with Crippen LogP contribution in [-0.4, -0.2) is 48.1 Å². The van der Waals surface area contributed by atoms with Crippen molar-refractivity contribution >= 4 is 40.0 Å². The van der Waals surface area contributed by atoms with Crippen LogP contribution < -0.4 is 15.1 Å². The minimum Gasteiger partial charge on any atom is -0.368 e. The minimum absolute atomic E-state index is 0.130. The van der Waals surface area contributed by atoms with Crippen LogP contribution in [0.4, 0.5) is 11.5 Å². The molecule has 1 atom stereocenters. The molecular weight excluding hydrogens is 460 g/mol. The normalized spacial score (nSPS) is 17.7. The van der Waals surface area contributed by atoms with Gasteiger partial charge in [-0.1, -0.05) is 49.1 Å². The van der Waals surface area contributed by atoms with E-state index in [2.05, 4.69) is 27.3 Å². The molecule has 2 heterocycles. The van der Waals surface area contributed by atoms with Gasteiger partial charge in [0.05, 0.1) is 17.1 Å². The van der Waals surface area contributed by atoms with Crippen molar-refractivity contribution in [1.29, 1.82) is 5.26 Å². The molecule has 1 N–H and O–H groups in total. The summed E-state index contributed by atoms with van der Waals surface area (Å²) in [6.07, 6.45) is 5.35. The molecule has 2 fully saturated rings. The van der Waals surface area contributed by atoms with E-state index >= 15 is 0 Å². The summed E-state index contributed by atoms with van der Waals surface area (Å²) in [4.78, 5) is 27.4. The first-order valence-electron chi connectivity index (χ1n) is 12.3. The summed E-state index contributed by atoms with van der Waals surface area (Å²) in [5.41, 5.74) is 2.97. The fourth-order valence-electron chi connectivity index (χ4n) is 5.06. The van der Waals surface area contributed by atoms with E-state index in [1.807, 2.05) is 42.5 Å². The molecule has 1 amide bonds. The number of nitrogens with zero attached hydrogens (tertiary/aromatic N) is 5. The van der Waals surface area contributed by atoms with Crippen molar-refractivity contribution in [2.24, 2.45) is 0 Å². The molecule has 5 rings (SSSR count). The molecule has 0 spiro atoms. The Bertz CT molecular complexity index is 1240. The van der Waals surface area contributed by atoms with Gasteiger partial charge in [0.1, 0.15) is 5.69 Å². The van der Waals surface area contributed by atoms with Crippen LogP contribution in [0, 0.1) is 11.3 Å². The second-order valence-electron chi connectivity index (χ2n) is 9.28. The molecule has 1 saturated heterocycles. The molecule has 1 aliphatic heterocycles. The van der Waals surface area contributed by atoms with Crippen LogP contribution in [0.2, 0.25) is 5.02 Å². The second kappa shape index (κ2) is 10.5. The molecule has 1 saturated carbocycles. The highest BCUT2D eigenvalue weighted by Crippen LogP contribution is 2.30. The number of nitriles is 1. The highest BCUT2D eigenvalue weighted by atomic mass is 35.5. The zero-order chi connectivity index (χ0) is 24.2. The molecule has 1 aromatic heterocycles. The first kappa shape index (κ1) is 23.4. The smallest absolute Gasteiger partial charge is 0.243 e. The Morgan fingerprint density at radius 2 is 1.66 bits per heavy atom. The lowest BCUT2D eigenvalue weighted by Crippen LogP contribution is -2.47. The third-order valence-electron chi connectivity index (χ3n) is 6.95. The molecular formula is C27H29ClN6O.